The highest BCUT2D eigenvalue weighted by atomic mass is 32.2. The van der Waals surface area contributed by atoms with Crippen molar-refractivity contribution in [3.63, 3.8) is 0 Å². The summed E-state index contributed by atoms with van der Waals surface area (Å²) >= 11 is 2.15. The maximum atomic E-state index is 2.36. The first-order chi connectivity index (χ1) is 4.39. The molecule has 0 amide bonds. The van der Waals surface area contributed by atoms with Crippen molar-refractivity contribution in [1.82, 2.24) is 0 Å². The van der Waals surface area contributed by atoms with Gasteiger partial charge < -0.3 is 0 Å². The van der Waals surface area contributed by atoms with Crippen molar-refractivity contribution in [2.45, 2.75) is 44.3 Å². The van der Waals surface area contributed by atoms with E-state index in [0.717, 1.165) is 5.25 Å². The molecule has 1 aliphatic heterocycles. The monoisotopic (exact) mass is 144 g/mol. The van der Waals surface area contributed by atoms with Gasteiger partial charge in [0.25, 0.3) is 0 Å². The molecule has 1 heterocycles. The smallest absolute Gasteiger partial charge is 0.00187 e. The summed E-state index contributed by atoms with van der Waals surface area (Å²) in [7, 11) is 0. The third-order valence-corrected chi connectivity index (χ3v) is 3.24. The third-order valence-electron chi connectivity index (χ3n) is 1.91. The van der Waals surface area contributed by atoms with Gasteiger partial charge in [-0.2, -0.15) is 11.8 Å². The van der Waals surface area contributed by atoms with Crippen LogP contribution >= 0.6 is 11.8 Å². The van der Waals surface area contributed by atoms with Crippen molar-refractivity contribution >= 4 is 11.8 Å². The van der Waals surface area contributed by atoms with Crippen molar-refractivity contribution in [3.8, 4) is 0 Å². The van der Waals surface area contributed by atoms with Crippen LogP contribution in [0.3, 0.4) is 0 Å². The lowest BCUT2D eigenvalue weighted by molar-refractivity contribution is 0.621. The van der Waals surface area contributed by atoms with Gasteiger partial charge in [0.05, 0.1) is 0 Å². The fourth-order valence-electron chi connectivity index (χ4n) is 1.26. The van der Waals surface area contributed by atoms with Gasteiger partial charge >= 0.3 is 0 Å². The number of rotatable bonds is 0. The van der Waals surface area contributed by atoms with Crippen LogP contribution in [0.1, 0.15) is 39.0 Å². The zero-order valence-corrected chi connectivity index (χ0v) is 7.04. The highest BCUT2D eigenvalue weighted by Gasteiger charge is 2.04. The van der Waals surface area contributed by atoms with Crippen LogP contribution in [-0.2, 0) is 0 Å². The van der Waals surface area contributed by atoms with E-state index in [4.69, 9.17) is 0 Å². The molecule has 0 aromatic heterocycles. The molecular formula is C8H16S. The van der Waals surface area contributed by atoms with Crippen LogP contribution in [0, 0.1) is 0 Å². The Bertz CT molecular complexity index is 63.0. The maximum Gasteiger partial charge on any atom is 0.00187 e. The van der Waals surface area contributed by atoms with Gasteiger partial charge in [-0.25, -0.2) is 0 Å². The molecular weight excluding hydrogens is 128 g/mol. The van der Waals surface area contributed by atoms with Gasteiger partial charge in [0.1, 0.15) is 0 Å². The Labute approximate surface area is 62.4 Å². The standard InChI is InChI=1S/C8H16S/c1-8-6-4-2-3-5-7-9-8/h8H,2-7H2,1H3. The van der Waals surface area contributed by atoms with Crippen LogP contribution in [0.4, 0.5) is 0 Å². The van der Waals surface area contributed by atoms with E-state index < -0.39 is 0 Å². The lowest BCUT2D eigenvalue weighted by atomic mass is 10.1. The summed E-state index contributed by atoms with van der Waals surface area (Å²) in [5.41, 5.74) is 0. The first-order valence-electron chi connectivity index (χ1n) is 4.01. The highest BCUT2D eigenvalue weighted by molar-refractivity contribution is 7.99. The molecule has 9 heavy (non-hydrogen) atoms. The van der Waals surface area contributed by atoms with Gasteiger partial charge in [0, 0.05) is 5.25 Å². The molecule has 1 rings (SSSR count). The predicted molar refractivity (Wildman–Crippen MR) is 45.0 cm³/mol. The molecule has 0 aliphatic carbocycles. The van der Waals surface area contributed by atoms with E-state index in [1.165, 1.54) is 37.9 Å². The molecule has 0 spiro atoms. The number of thioether (sulfide) groups is 1. The van der Waals surface area contributed by atoms with Gasteiger partial charge in [-0.15, -0.1) is 0 Å². The van der Waals surface area contributed by atoms with Crippen LogP contribution in [0.2, 0.25) is 0 Å². The molecule has 1 unspecified atom stereocenters. The summed E-state index contributed by atoms with van der Waals surface area (Å²) in [5, 5.41) is 0.935. The van der Waals surface area contributed by atoms with E-state index in [2.05, 4.69) is 18.7 Å². The second-order valence-electron chi connectivity index (χ2n) is 2.88. The quantitative estimate of drug-likeness (QED) is 0.503. The van der Waals surface area contributed by atoms with E-state index in [0.29, 0.717) is 0 Å². The van der Waals surface area contributed by atoms with Gasteiger partial charge in [0.2, 0.25) is 0 Å². The molecule has 0 bridgehead atoms. The summed E-state index contributed by atoms with van der Waals surface area (Å²) in [5.74, 6) is 1.40. The molecule has 54 valence electrons. The van der Waals surface area contributed by atoms with Crippen molar-refractivity contribution < 1.29 is 0 Å². The lowest BCUT2D eigenvalue weighted by Crippen LogP contribution is -2.00. The number of hydrogen-bond donors (Lipinski definition) is 0. The second-order valence-corrected chi connectivity index (χ2v) is 4.43. The molecule has 1 heteroatoms. The van der Waals surface area contributed by atoms with Crippen molar-refractivity contribution in [2.24, 2.45) is 0 Å². The fraction of sp³-hybridized carbons (Fsp3) is 1.00. The fourth-order valence-corrected chi connectivity index (χ4v) is 2.36. The Morgan fingerprint density at radius 2 is 1.89 bits per heavy atom. The summed E-state index contributed by atoms with van der Waals surface area (Å²) in [6.07, 6.45) is 7.32. The number of hydrogen-bond acceptors (Lipinski definition) is 1. The van der Waals surface area contributed by atoms with Gasteiger partial charge in [0.15, 0.2) is 0 Å². The third kappa shape index (κ3) is 3.14. The molecule has 1 saturated heterocycles. The molecule has 1 fully saturated rings. The first-order valence-corrected chi connectivity index (χ1v) is 5.06. The van der Waals surface area contributed by atoms with Gasteiger partial charge in [-0.05, 0) is 18.6 Å². The summed E-state index contributed by atoms with van der Waals surface area (Å²) in [6.45, 7) is 2.36. The van der Waals surface area contributed by atoms with E-state index >= 15 is 0 Å². The maximum absolute atomic E-state index is 2.36. The summed E-state index contributed by atoms with van der Waals surface area (Å²) < 4.78 is 0. The van der Waals surface area contributed by atoms with E-state index in [1.807, 2.05) is 0 Å². The van der Waals surface area contributed by atoms with Gasteiger partial charge in [-0.1, -0.05) is 26.2 Å². The van der Waals surface area contributed by atoms with Crippen molar-refractivity contribution in [1.29, 1.82) is 0 Å². The Morgan fingerprint density at radius 3 is 2.78 bits per heavy atom. The Kier molecular flexibility index (Phi) is 3.49. The van der Waals surface area contributed by atoms with Crippen LogP contribution < -0.4 is 0 Å². The Morgan fingerprint density at radius 1 is 1.11 bits per heavy atom. The van der Waals surface area contributed by atoms with Crippen molar-refractivity contribution in [3.05, 3.63) is 0 Å². The molecule has 0 aromatic rings. The molecule has 0 saturated carbocycles. The average molecular weight is 144 g/mol. The average Bonchev–Trinajstić information content (AvgIpc) is 1.79. The molecule has 1 aliphatic rings. The lowest BCUT2D eigenvalue weighted by Gasteiger charge is -2.13. The summed E-state index contributed by atoms with van der Waals surface area (Å²) in [4.78, 5) is 0. The van der Waals surface area contributed by atoms with E-state index in [1.54, 1.807) is 0 Å². The van der Waals surface area contributed by atoms with E-state index in [9.17, 15) is 0 Å². The first kappa shape index (κ1) is 7.46. The second kappa shape index (κ2) is 4.21. The van der Waals surface area contributed by atoms with Crippen LogP contribution in [-0.4, -0.2) is 11.0 Å². The molecule has 0 aromatic carbocycles. The van der Waals surface area contributed by atoms with Crippen molar-refractivity contribution in [2.75, 3.05) is 5.75 Å². The molecule has 0 nitrogen and oxygen atoms in total. The Hall–Kier alpha value is 0.350. The van der Waals surface area contributed by atoms with Crippen LogP contribution in [0.25, 0.3) is 0 Å². The highest BCUT2D eigenvalue weighted by Crippen LogP contribution is 2.22. The zero-order chi connectivity index (χ0) is 6.53. The summed E-state index contributed by atoms with van der Waals surface area (Å²) in [6, 6.07) is 0. The topological polar surface area (TPSA) is 0 Å². The van der Waals surface area contributed by atoms with Crippen LogP contribution in [0.15, 0.2) is 0 Å². The predicted octanol–water partition coefficient (Wildman–Crippen LogP) is 3.07. The minimum absolute atomic E-state index is 0.935. The van der Waals surface area contributed by atoms with E-state index in [-0.39, 0.29) is 0 Å². The zero-order valence-electron chi connectivity index (χ0n) is 6.23. The minimum atomic E-state index is 0.935. The van der Waals surface area contributed by atoms with Gasteiger partial charge in [-0.3, -0.25) is 0 Å². The molecule has 0 N–H and O–H groups in total. The SMILES string of the molecule is CC1CCCCCCS1. The normalized spacial score (nSPS) is 31.0. The Balaban J connectivity index is 2.12. The molecule has 0 radical (unpaired) electrons. The largest absolute Gasteiger partial charge is 0.159 e. The van der Waals surface area contributed by atoms with Crippen LogP contribution in [0.5, 0.6) is 0 Å². The minimum Gasteiger partial charge on any atom is -0.159 e. The molecule has 1 atom stereocenters.